The molecule has 1 aliphatic heterocycles. The van der Waals surface area contributed by atoms with Crippen LogP contribution in [-0.2, 0) is 9.59 Å². The van der Waals surface area contributed by atoms with Crippen LogP contribution in [0.5, 0.6) is 0 Å². The molecule has 2 aliphatic rings. The van der Waals surface area contributed by atoms with Crippen molar-refractivity contribution in [2.24, 2.45) is 0 Å². The maximum atomic E-state index is 14.3. The number of aromatic nitrogens is 4. The minimum atomic E-state index is -0.615. The van der Waals surface area contributed by atoms with Gasteiger partial charge < -0.3 is 10.6 Å². The summed E-state index contributed by atoms with van der Waals surface area (Å²) in [5.41, 5.74) is 1.52. The molecule has 1 saturated carbocycles. The summed E-state index contributed by atoms with van der Waals surface area (Å²) >= 11 is 0. The predicted octanol–water partition coefficient (Wildman–Crippen LogP) is 1.88. The van der Waals surface area contributed by atoms with Gasteiger partial charge in [0.25, 0.3) is 5.91 Å². The van der Waals surface area contributed by atoms with Crippen molar-refractivity contribution < 1.29 is 14.0 Å². The minimum Gasteiger partial charge on any atom is -0.351 e. The number of amides is 2. The summed E-state index contributed by atoms with van der Waals surface area (Å²) in [5.74, 6) is -0.895. The number of nitriles is 1. The van der Waals surface area contributed by atoms with Crippen LogP contribution in [0.3, 0.4) is 0 Å². The summed E-state index contributed by atoms with van der Waals surface area (Å²) in [4.78, 5) is 32.2. The SMILES string of the molecule is N#Cc1ccc(Nc2nc(NC3CC3)n3ncc(/C=C4\CC(=O)NC4=O)c3n2)c(F)c1. The second-order valence-corrected chi connectivity index (χ2v) is 7.28. The van der Waals surface area contributed by atoms with Crippen LogP contribution in [0.4, 0.5) is 22.0 Å². The van der Waals surface area contributed by atoms with Crippen LogP contribution in [0.2, 0.25) is 0 Å². The predicted molar refractivity (Wildman–Crippen MR) is 108 cm³/mol. The summed E-state index contributed by atoms with van der Waals surface area (Å²) in [6, 6.07) is 6.18. The smallest absolute Gasteiger partial charge is 0.254 e. The number of nitrogens with one attached hydrogen (secondary N) is 3. The highest BCUT2D eigenvalue weighted by molar-refractivity contribution is 6.15. The van der Waals surface area contributed by atoms with E-state index in [2.05, 4.69) is 31.0 Å². The van der Waals surface area contributed by atoms with Crippen LogP contribution < -0.4 is 16.0 Å². The molecule has 1 saturated heterocycles. The number of fused-ring (bicyclic) bond motifs is 1. The van der Waals surface area contributed by atoms with E-state index in [4.69, 9.17) is 5.26 Å². The zero-order valence-corrected chi connectivity index (χ0v) is 16.0. The van der Waals surface area contributed by atoms with E-state index < -0.39 is 11.7 Å². The Morgan fingerprint density at radius 3 is 2.81 bits per heavy atom. The van der Waals surface area contributed by atoms with Crippen LogP contribution in [0.1, 0.15) is 30.4 Å². The van der Waals surface area contributed by atoms with Gasteiger partial charge in [0.1, 0.15) is 5.82 Å². The van der Waals surface area contributed by atoms with E-state index in [0.717, 1.165) is 18.9 Å². The van der Waals surface area contributed by atoms with Gasteiger partial charge >= 0.3 is 0 Å². The molecule has 2 amide bonds. The number of hydrogen-bond acceptors (Lipinski definition) is 8. The number of imide groups is 1. The van der Waals surface area contributed by atoms with Crippen molar-refractivity contribution in [3.05, 3.63) is 46.9 Å². The van der Waals surface area contributed by atoms with Crippen molar-refractivity contribution in [1.29, 1.82) is 5.26 Å². The highest BCUT2D eigenvalue weighted by Gasteiger charge is 2.26. The fourth-order valence-electron chi connectivity index (χ4n) is 3.17. The van der Waals surface area contributed by atoms with E-state index in [9.17, 15) is 14.0 Å². The third-order valence-corrected chi connectivity index (χ3v) is 4.88. The van der Waals surface area contributed by atoms with Crippen molar-refractivity contribution in [2.75, 3.05) is 10.6 Å². The highest BCUT2D eigenvalue weighted by Crippen LogP contribution is 2.27. The maximum absolute atomic E-state index is 14.3. The van der Waals surface area contributed by atoms with Gasteiger partial charge in [-0.15, -0.1) is 0 Å². The van der Waals surface area contributed by atoms with E-state index >= 15 is 0 Å². The lowest BCUT2D eigenvalue weighted by Crippen LogP contribution is -2.19. The maximum Gasteiger partial charge on any atom is 0.254 e. The third kappa shape index (κ3) is 3.66. The Labute approximate surface area is 174 Å². The van der Waals surface area contributed by atoms with Crippen LogP contribution in [0.25, 0.3) is 11.7 Å². The average molecular weight is 418 g/mol. The third-order valence-electron chi connectivity index (χ3n) is 4.88. The van der Waals surface area contributed by atoms with Crippen LogP contribution in [-0.4, -0.2) is 37.4 Å². The van der Waals surface area contributed by atoms with Gasteiger partial charge in [0.15, 0.2) is 5.65 Å². The number of carbonyl (C=O) groups excluding carboxylic acids is 2. The van der Waals surface area contributed by atoms with Gasteiger partial charge in [0.05, 0.1) is 29.9 Å². The molecule has 1 aromatic carbocycles. The quantitative estimate of drug-likeness (QED) is 0.422. The molecule has 5 rings (SSSR count). The van der Waals surface area contributed by atoms with E-state index in [1.54, 1.807) is 6.08 Å². The number of benzene rings is 1. The van der Waals surface area contributed by atoms with Crippen LogP contribution in [0, 0.1) is 17.1 Å². The van der Waals surface area contributed by atoms with Crippen molar-refractivity contribution in [3.8, 4) is 6.07 Å². The van der Waals surface area contributed by atoms with Crippen molar-refractivity contribution >= 4 is 41.1 Å². The molecule has 11 heteroatoms. The van der Waals surface area contributed by atoms with Gasteiger partial charge in [0, 0.05) is 17.2 Å². The fraction of sp³-hybridized carbons (Fsp3) is 0.200. The summed E-state index contributed by atoms with van der Waals surface area (Å²) in [7, 11) is 0. The topological polar surface area (TPSA) is 137 Å². The monoisotopic (exact) mass is 418 g/mol. The Hall–Kier alpha value is -4.33. The van der Waals surface area contributed by atoms with Gasteiger partial charge in [-0.05, 0) is 37.1 Å². The number of nitrogens with zero attached hydrogens (tertiary/aromatic N) is 5. The molecule has 2 fully saturated rings. The highest BCUT2D eigenvalue weighted by atomic mass is 19.1. The Balaban J connectivity index is 1.57. The molecule has 3 aromatic rings. The number of carbonyl (C=O) groups is 2. The molecule has 0 unspecified atom stereocenters. The minimum absolute atomic E-state index is 0.0179. The molecule has 3 N–H and O–H groups in total. The van der Waals surface area contributed by atoms with Gasteiger partial charge in [-0.2, -0.15) is 24.8 Å². The molecule has 10 nitrogen and oxygen atoms in total. The summed E-state index contributed by atoms with van der Waals surface area (Å²) in [6.07, 6.45) is 5.06. The molecular formula is C20H15FN8O2. The zero-order chi connectivity index (χ0) is 21.5. The van der Waals surface area contributed by atoms with Gasteiger partial charge in [-0.1, -0.05) is 0 Å². The molecule has 0 radical (unpaired) electrons. The first-order valence-corrected chi connectivity index (χ1v) is 9.54. The molecular weight excluding hydrogens is 403 g/mol. The molecule has 3 heterocycles. The number of hydrogen-bond donors (Lipinski definition) is 3. The molecule has 0 atom stereocenters. The summed E-state index contributed by atoms with van der Waals surface area (Å²) in [5, 5.41) is 21.5. The van der Waals surface area contributed by atoms with Crippen LogP contribution in [0.15, 0.2) is 30.0 Å². The van der Waals surface area contributed by atoms with E-state index in [1.165, 1.54) is 22.8 Å². The molecule has 0 bridgehead atoms. The van der Waals surface area contributed by atoms with Crippen molar-refractivity contribution in [2.45, 2.75) is 25.3 Å². The zero-order valence-electron chi connectivity index (χ0n) is 16.0. The lowest BCUT2D eigenvalue weighted by atomic mass is 10.1. The number of anilines is 3. The molecule has 154 valence electrons. The Bertz CT molecular complexity index is 1320. The molecule has 31 heavy (non-hydrogen) atoms. The first kappa shape index (κ1) is 18.7. The first-order valence-electron chi connectivity index (χ1n) is 9.54. The lowest BCUT2D eigenvalue weighted by Gasteiger charge is -2.11. The fourth-order valence-corrected chi connectivity index (χ4v) is 3.17. The molecule has 2 aromatic heterocycles. The normalized spacial score (nSPS) is 17.1. The van der Waals surface area contributed by atoms with E-state index in [-0.39, 0.29) is 35.6 Å². The Morgan fingerprint density at radius 2 is 2.13 bits per heavy atom. The van der Waals surface area contributed by atoms with Gasteiger partial charge in [-0.25, -0.2) is 4.39 Å². The Kier molecular flexibility index (Phi) is 4.32. The second kappa shape index (κ2) is 7.17. The molecule has 1 aliphatic carbocycles. The van der Waals surface area contributed by atoms with Gasteiger partial charge in [0.2, 0.25) is 17.8 Å². The number of rotatable bonds is 5. The number of halogens is 1. The van der Waals surface area contributed by atoms with E-state index in [1.807, 2.05) is 6.07 Å². The average Bonchev–Trinajstić information content (AvgIpc) is 3.38. The van der Waals surface area contributed by atoms with Crippen molar-refractivity contribution in [1.82, 2.24) is 24.9 Å². The lowest BCUT2D eigenvalue weighted by molar-refractivity contribution is -0.124. The summed E-state index contributed by atoms with van der Waals surface area (Å²) in [6.45, 7) is 0. The Morgan fingerprint density at radius 1 is 1.29 bits per heavy atom. The van der Waals surface area contributed by atoms with Gasteiger partial charge in [-0.3, -0.25) is 14.9 Å². The summed E-state index contributed by atoms with van der Waals surface area (Å²) < 4.78 is 15.8. The largest absolute Gasteiger partial charge is 0.351 e. The second-order valence-electron chi connectivity index (χ2n) is 7.28. The standard InChI is InChI=1S/C20H15FN8O2/c21-14-5-10(8-22)1-4-15(14)25-19-27-17-12(6-11-7-16(30)26-18(11)31)9-23-29(17)20(28-19)24-13-2-3-13/h1,4-6,9,13H,2-3,7H2,(H,26,30,31)(H2,24,25,27,28)/b11-6+. The first-order chi connectivity index (χ1) is 15.0. The van der Waals surface area contributed by atoms with Crippen molar-refractivity contribution in [3.63, 3.8) is 0 Å². The van der Waals surface area contributed by atoms with E-state index in [0.29, 0.717) is 22.7 Å². The molecule has 0 spiro atoms. The van der Waals surface area contributed by atoms with Crippen LogP contribution >= 0.6 is 0 Å².